The smallest absolute Gasteiger partial charge is 0.306 e. The van der Waals surface area contributed by atoms with Gasteiger partial charge in [-0.1, -0.05) is 181 Å². The van der Waals surface area contributed by atoms with Gasteiger partial charge < -0.3 is 14.2 Å². The molecule has 0 amide bonds. The molecule has 1 unspecified atom stereocenters. The zero-order valence-corrected chi connectivity index (χ0v) is 32.7. The molecule has 0 heterocycles. The molecule has 0 aliphatic heterocycles. The average molecular weight is 693 g/mol. The van der Waals surface area contributed by atoms with Crippen molar-refractivity contribution in [3.05, 3.63) is 12.2 Å². The maximum atomic E-state index is 12.6. The molecule has 0 N–H and O–H groups in total. The van der Waals surface area contributed by atoms with E-state index < -0.39 is 6.10 Å². The van der Waals surface area contributed by atoms with E-state index in [9.17, 15) is 14.4 Å². The standard InChI is InChI=1S/C43H80O6/c1-4-7-10-13-16-18-20-21-23-24-27-30-33-36-42(45)48-39-40(38-47-41(44)35-32-29-26-15-12-9-6-3)49-43(46)37-34-31-28-25-22-19-17-14-11-8-5-2/h14,17,40H,4-13,15-16,18-39H2,1-3H3/b17-14-. The summed E-state index contributed by atoms with van der Waals surface area (Å²) in [5.41, 5.74) is 0. The summed E-state index contributed by atoms with van der Waals surface area (Å²) in [5, 5.41) is 0. The summed E-state index contributed by atoms with van der Waals surface area (Å²) in [6.07, 6.45) is 39.1. The minimum Gasteiger partial charge on any atom is -0.462 e. The summed E-state index contributed by atoms with van der Waals surface area (Å²) in [6.45, 7) is 6.54. The predicted molar refractivity (Wildman–Crippen MR) is 206 cm³/mol. The summed E-state index contributed by atoms with van der Waals surface area (Å²) in [7, 11) is 0. The van der Waals surface area contributed by atoms with Crippen LogP contribution in [0.1, 0.15) is 226 Å². The average Bonchev–Trinajstić information content (AvgIpc) is 3.10. The Morgan fingerprint density at radius 2 is 0.694 bits per heavy atom. The second kappa shape index (κ2) is 38.9. The van der Waals surface area contributed by atoms with E-state index in [1.165, 1.54) is 122 Å². The molecule has 6 nitrogen and oxygen atoms in total. The summed E-state index contributed by atoms with van der Waals surface area (Å²) >= 11 is 0. The molecule has 49 heavy (non-hydrogen) atoms. The first-order valence-corrected chi connectivity index (χ1v) is 21.2. The Kier molecular flexibility index (Phi) is 37.5. The van der Waals surface area contributed by atoms with Crippen LogP contribution in [0.25, 0.3) is 0 Å². The molecule has 0 aliphatic carbocycles. The number of hydrogen-bond donors (Lipinski definition) is 0. The SMILES string of the molecule is CCCC/C=C\CCCCCCCC(=O)OC(COC(=O)CCCCCCCCC)COC(=O)CCCCCCCCCCCCCCC. The van der Waals surface area contributed by atoms with Crippen molar-refractivity contribution in [1.82, 2.24) is 0 Å². The van der Waals surface area contributed by atoms with Crippen LogP contribution >= 0.6 is 0 Å². The summed E-state index contributed by atoms with van der Waals surface area (Å²) in [5.74, 6) is -0.883. The highest BCUT2D eigenvalue weighted by Gasteiger charge is 2.19. The molecule has 0 aromatic heterocycles. The lowest BCUT2D eigenvalue weighted by atomic mass is 10.0. The Bertz CT molecular complexity index is 763. The minimum atomic E-state index is -0.763. The van der Waals surface area contributed by atoms with E-state index >= 15 is 0 Å². The number of allylic oxidation sites excluding steroid dienone is 2. The van der Waals surface area contributed by atoms with Gasteiger partial charge in [0.05, 0.1) is 0 Å². The van der Waals surface area contributed by atoms with Gasteiger partial charge in [-0.15, -0.1) is 0 Å². The number of ether oxygens (including phenoxy) is 3. The lowest BCUT2D eigenvalue weighted by Crippen LogP contribution is -2.30. The van der Waals surface area contributed by atoms with Gasteiger partial charge in [0.15, 0.2) is 6.10 Å². The molecular formula is C43H80O6. The van der Waals surface area contributed by atoms with Gasteiger partial charge in [-0.05, 0) is 38.5 Å². The number of unbranched alkanes of at least 4 members (excludes halogenated alkanes) is 25. The van der Waals surface area contributed by atoms with Crippen molar-refractivity contribution >= 4 is 17.9 Å². The predicted octanol–water partition coefficient (Wildman–Crippen LogP) is 13.1. The molecule has 0 aliphatic rings. The van der Waals surface area contributed by atoms with Gasteiger partial charge in [0.25, 0.3) is 0 Å². The second-order valence-electron chi connectivity index (χ2n) is 14.3. The van der Waals surface area contributed by atoms with E-state index in [1.54, 1.807) is 0 Å². The van der Waals surface area contributed by atoms with E-state index in [1.807, 2.05) is 0 Å². The highest BCUT2D eigenvalue weighted by atomic mass is 16.6. The van der Waals surface area contributed by atoms with Crippen molar-refractivity contribution in [2.24, 2.45) is 0 Å². The molecule has 0 saturated heterocycles. The van der Waals surface area contributed by atoms with Gasteiger partial charge in [-0.25, -0.2) is 0 Å². The van der Waals surface area contributed by atoms with Gasteiger partial charge in [-0.2, -0.15) is 0 Å². The van der Waals surface area contributed by atoms with Gasteiger partial charge in [-0.3, -0.25) is 14.4 Å². The third-order valence-electron chi connectivity index (χ3n) is 9.27. The number of hydrogen-bond acceptors (Lipinski definition) is 6. The van der Waals surface area contributed by atoms with Crippen molar-refractivity contribution in [2.45, 2.75) is 232 Å². The maximum Gasteiger partial charge on any atom is 0.306 e. The van der Waals surface area contributed by atoms with E-state index in [0.29, 0.717) is 19.3 Å². The first-order chi connectivity index (χ1) is 24.0. The van der Waals surface area contributed by atoms with E-state index in [2.05, 4.69) is 32.9 Å². The summed E-state index contributed by atoms with van der Waals surface area (Å²) in [6, 6.07) is 0. The Balaban J connectivity index is 4.31. The Labute approximate surface area is 303 Å². The van der Waals surface area contributed by atoms with Crippen LogP contribution in [-0.4, -0.2) is 37.2 Å². The molecule has 0 radical (unpaired) electrons. The molecule has 0 aromatic rings. The molecule has 0 rings (SSSR count). The van der Waals surface area contributed by atoms with Crippen molar-refractivity contribution in [3.63, 3.8) is 0 Å². The van der Waals surface area contributed by atoms with Crippen LogP contribution in [0.4, 0.5) is 0 Å². The van der Waals surface area contributed by atoms with Crippen molar-refractivity contribution in [3.8, 4) is 0 Å². The zero-order valence-electron chi connectivity index (χ0n) is 32.7. The maximum absolute atomic E-state index is 12.6. The first kappa shape index (κ1) is 47.1. The van der Waals surface area contributed by atoms with Gasteiger partial charge in [0.2, 0.25) is 0 Å². The van der Waals surface area contributed by atoms with Gasteiger partial charge >= 0.3 is 17.9 Å². The second-order valence-corrected chi connectivity index (χ2v) is 14.3. The molecule has 0 aromatic carbocycles. The lowest BCUT2D eigenvalue weighted by Gasteiger charge is -2.18. The van der Waals surface area contributed by atoms with Gasteiger partial charge in [0.1, 0.15) is 13.2 Å². The van der Waals surface area contributed by atoms with Crippen LogP contribution in [0.15, 0.2) is 12.2 Å². The first-order valence-electron chi connectivity index (χ1n) is 21.2. The highest BCUT2D eigenvalue weighted by Crippen LogP contribution is 2.14. The van der Waals surface area contributed by atoms with E-state index in [-0.39, 0.29) is 31.1 Å². The van der Waals surface area contributed by atoms with E-state index in [0.717, 1.165) is 64.2 Å². The summed E-state index contributed by atoms with van der Waals surface area (Å²) < 4.78 is 16.6. The Morgan fingerprint density at radius 1 is 0.388 bits per heavy atom. The monoisotopic (exact) mass is 693 g/mol. The molecule has 0 bridgehead atoms. The fourth-order valence-corrected chi connectivity index (χ4v) is 6.01. The minimum absolute atomic E-state index is 0.0699. The third kappa shape index (κ3) is 37.2. The normalized spacial score (nSPS) is 12.0. The number of rotatable bonds is 38. The van der Waals surface area contributed by atoms with Gasteiger partial charge in [0, 0.05) is 19.3 Å². The van der Waals surface area contributed by atoms with E-state index in [4.69, 9.17) is 14.2 Å². The Morgan fingerprint density at radius 3 is 1.08 bits per heavy atom. The number of esters is 3. The van der Waals surface area contributed by atoms with Crippen molar-refractivity contribution < 1.29 is 28.6 Å². The number of carbonyl (C=O) groups excluding carboxylic acids is 3. The molecule has 0 fully saturated rings. The topological polar surface area (TPSA) is 78.9 Å². The van der Waals surface area contributed by atoms with Crippen molar-refractivity contribution in [2.75, 3.05) is 13.2 Å². The summed E-state index contributed by atoms with van der Waals surface area (Å²) in [4.78, 5) is 37.4. The quantitative estimate of drug-likeness (QED) is 0.0277. The van der Waals surface area contributed by atoms with Crippen LogP contribution in [0.5, 0.6) is 0 Å². The Hall–Kier alpha value is -1.85. The highest BCUT2D eigenvalue weighted by molar-refractivity contribution is 5.71. The molecule has 0 saturated carbocycles. The van der Waals surface area contributed by atoms with Crippen LogP contribution in [0.3, 0.4) is 0 Å². The lowest BCUT2D eigenvalue weighted by molar-refractivity contribution is -0.167. The molecular weight excluding hydrogens is 612 g/mol. The molecule has 1 atom stereocenters. The fourth-order valence-electron chi connectivity index (χ4n) is 6.01. The fraction of sp³-hybridized carbons (Fsp3) is 0.884. The van der Waals surface area contributed by atoms with Crippen molar-refractivity contribution in [1.29, 1.82) is 0 Å². The molecule has 6 heteroatoms. The zero-order chi connectivity index (χ0) is 35.9. The molecule has 288 valence electrons. The molecule has 0 spiro atoms. The van der Waals surface area contributed by atoms with Crippen LogP contribution < -0.4 is 0 Å². The van der Waals surface area contributed by atoms with Crippen LogP contribution in [-0.2, 0) is 28.6 Å². The van der Waals surface area contributed by atoms with Crippen LogP contribution in [0, 0.1) is 0 Å². The largest absolute Gasteiger partial charge is 0.462 e. The van der Waals surface area contributed by atoms with Crippen LogP contribution in [0.2, 0.25) is 0 Å². The third-order valence-corrected chi connectivity index (χ3v) is 9.27. The number of carbonyl (C=O) groups is 3.